The van der Waals surface area contributed by atoms with Crippen LogP contribution in [0.3, 0.4) is 0 Å². The minimum absolute atomic E-state index is 0.349. The van der Waals surface area contributed by atoms with Crippen molar-refractivity contribution in [2.45, 2.75) is 89.5 Å². The van der Waals surface area contributed by atoms with Gasteiger partial charge in [0, 0.05) is 37.7 Å². The molecule has 0 radical (unpaired) electrons. The second kappa shape index (κ2) is 9.22. The van der Waals surface area contributed by atoms with Gasteiger partial charge in [0.2, 0.25) is 5.91 Å². The van der Waals surface area contributed by atoms with Crippen LogP contribution in [0.2, 0.25) is 0 Å². The molecule has 0 spiro atoms. The van der Waals surface area contributed by atoms with Gasteiger partial charge in [-0.05, 0) is 76.4 Å². The number of hydrogen-bond donors (Lipinski definition) is 1. The van der Waals surface area contributed by atoms with Gasteiger partial charge >= 0.3 is 0 Å². The number of nitrogens with zero attached hydrogens (tertiary/aromatic N) is 3. The number of rotatable bonds is 5. The molecule has 150 valence electrons. The summed E-state index contributed by atoms with van der Waals surface area (Å²) >= 11 is 0. The van der Waals surface area contributed by atoms with Crippen LogP contribution in [0.25, 0.3) is 0 Å². The number of hydrogen-bond acceptors (Lipinski definition) is 3. The van der Waals surface area contributed by atoms with E-state index in [4.69, 9.17) is 0 Å². The normalized spacial score (nSPS) is 24.4. The van der Waals surface area contributed by atoms with E-state index >= 15 is 0 Å². The van der Waals surface area contributed by atoms with Crippen molar-refractivity contribution in [3.8, 4) is 0 Å². The molecule has 1 aromatic heterocycles. The quantitative estimate of drug-likeness (QED) is 0.861. The van der Waals surface area contributed by atoms with Crippen LogP contribution in [0.4, 0.5) is 0 Å². The van der Waals surface area contributed by atoms with Crippen LogP contribution in [-0.2, 0) is 24.1 Å². The van der Waals surface area contributed by atoms with E-state index in [1.807, 2.05) is 0 Å². The number of nitrogens with one attached hydrogen (secondary N) is 1. The van der Waals surface area contributed by atoms with Crippen molar-refractivity contribution in [2.75, 3.05) is 26.2 Å². The summed E-state index contributed by atoms with van der Waals surface area (Å²) in [6.45, 7) is 4.48. The first-order chi connectivity index (χ1) is 13.3. The Morgan fingerprint density at radius 3 is 2.59 bits per heavy atom. The zero-order chi connectivity index (χ0) is 18.5. The average molecular weight is 373 g/mol. The Balaban J connectivity index is 1.33. The highest BCUT2D eigenvalue weighted by atomic mass is 16.2. The summed E-state index contributed by atoms with van der Waals surface area (Å²) in [5.74, 6) is 0.349. The number of amides is 1. The molecule has 5 heteroatoms. The molecule has 1 N–H and O–H groups in total. The highest BCUT2D eigenvalue weighted by Gasteiger charge is 2.28. The van der Waals surface area contributed by atoms with Crippen LogP contribution in [0.5, 0.6) is 0 Å². The van der Waals surface area contributed by atoms with Crippen LogP contribution in [0.1, 0.15) is 81.2 Å². The van der Waals surface area contributed by atoms with Gasteiger partial charge in [0.25, 0.3) is 0 Å². The van der Waals surface area contributed by atoms with E-state index in [0.29, 0.717) is 18.4 Å². The third kappa shape index (κ3) is 4.74. The van der Waals surface area contributed by atoms with Gasteiger partial charge in [-0.3, -0.25) is 9.89 Å². The van der Waals surface area contributed by atoms with E-state index < -0.39 is 0 Å². The molecule has 2 aliphatic heterocycles. The number of aromatic amines is 1. The molecule has 0 saturated carbocycles. The zero-order valence-corrected chi connectivity index (χ0v) is 16.8. The van der Waals surface area contributed by atoms with Crippen LogP contribution in [0, 0.1) is 0 Å². The second-order valence-corrected chi connectivity index (χ2v) is 8.79. The maximum Gasteiger partial charge on any atom is 0.223 e. The Morgan fingerprint density at radius 2 is 1.74 bits per heavy atom. The molecule has 0 aromatic carbocycles. The molecule has 1 aromatic rings. The van der Waals surface area contributed by atoms with E-state index in [9.17, 15) is 4.79 Å². The standard InChI is InChI=1S/C22H36N4O/c27-22(13-12-21-19-10-3-4-11-20(19)23-24-21)26-16-8-5-9-18(26)17-25-14-6-1-2-7-15-25/h18H,1-17H2,(H,23,24)/t18-/m1/s1. The predicted octanol–water partition coefficient (Wildman–Crippen LogP) is 3.48. The maximum atomic E-state index is 13.1. The van der Waals surface area contributed by atoms with Gasteiger partial charge in [-0.15, -0.1) is 0 Å². The van der Waals surface area contributed by atoms with Gasteiger partial charge in [-0.1, -0.05) is 12.8 Å². The Labute approximate surface area is 163 Å². The van der Waals surface area contributed by atoms with E-state index in [1.54, 1.807) is 0 Å². The van der Waals surface area contributed by atoms with Crippen molar-refractivity contribution in [3.63, 3.8) is 0 Å². The second-order valence-electron chi connectivity index (χ2n) is 8.79. The molecule has 3 heterocycles. The molecule has 2 fully saturated rings. The van der Waals surface area contributed by atoms with Crippen LogP contribution in [-0.4, -0.2) is 58.1 Å². The summed E-state index contributed by atoms with van der Waals surface area (Å²) in [5.41, 5.74) is 3.88. The van der Waals surface area contributed by atoms with E-state index in [2.05, 4.69) is 20.0 Å². The summed E-state index contributed by atoms with van der Waals surface area (Å²) in [7, 11) is 0. The van der Waals surface area contributed by atoms with Crippen LogP contribution in [0.15, 0.2) is 0 Å². The molecular formula is C22H36N4O. The van der Waals surface area contributed by atoms with E-state index in [0.717, 1.165) is 38.0 Å². The molecule has 2 saturated heterocycles. The first-order valence-corrected chi connectivity index (χ1v) is 11.4. The Morgan fingerprint density at radius 1 is 0.963 bits per heavy atom. The predicted molar refractivity (Wildman–Crippen MR) is 108 cm³/mol. The van der Waals surface area contributed by atoms with Crippen LogP contribution >= 0.6 is 0 Å². The number of likely N-dealkylation sites (tertiary alicyclic amines) is 2. The zero-order valence-electron chi connectivity index (χ0n) is 16.8. The van der Waals surface area contributed by atoms with Crippen molar-refractivity contribution in [1.82, 2.24) is 20.0 Å². The third-order valence-corrected chi connectivity index (χ3v) is 6.83. The Hall–Kier alpha value is -1.36. The lowest BCUT2D eigenvalue weighted by molar-refractivity contribution is -0.135. The lowest BCUT2D eigenvalue weighted by Gasteiger charge is -2.38. The SMILES string of the molecule is O=C(CCc1n[nH]c2c1CCCC2)N1CCCC[C@@H]1CN1CCCCCC1. The average Bonchev–Trinajstić information content (AvgIpc) is 2.94. The molecule has 5 nitrogen and oxygen atoms in total. The number of carbonyl (C=O) groups is 1. The van der Waals surface area contributed by atoms with Crippen molar-refractivity contribution < 1.29 is 4.79 Å². The third-order valence-electron chi connectivity index (χ3n) is 6.83. The van der Waals surface area contributed by atoms with Gasteiger partial charge in [0.05, 0.1) is 5.69 Å². The van der Waals surface area contributed by atoms with Gasteiger partial charge in [0.1, 0.15) is 0 Å². The number of piperidine rings is 1. The fourth-order valence-corrected chi connectivity index (χ4v) is 5.26. The van der Waals surface area contributed by atoms with Crippen molar-refractivity contribution >= 4 is 5.91 Å². The number of aromatic nitrogens is 2. The van der Waals surface area contributed by atoms with Crippen molar-refractivity contribution in [2.24, 2.45) is 0 Å². The molecule has 0 bridgehead atoms. The Kier molecular flexibility index (Phi) is 6.48. The van der Waals surface area contributed by atoms with Gasteiger partial charge in [-0.2, -0.15) is 5.10 Å². The summed E-state index contributed by atoms with van der Waals surface area (Å²) in [4.78, 5) is 17.9. The van der Waals surface area contributed by atoms with Gasteiger partial charge in [-0.25, -0.2) is 0 Å². The summed E-state index contributed by atoms with van der Waals surface area (Å²) in [6.07, 6.45) is 15.2. The lowest BCUT2D eigenvalue weighted by Crippen LogP contribution is -2.49. The number of carbonyl (C=O) groups excluding carboxylic acids is 1. The minimum Gasteiger partial charge on any atom is -0.338 e. The highest BCUT2D eigenvalue weighted by molar-refractivity contribution is 5.77. The monoisotopic (exact) mass is 372 g/mol. The topological polar surface area (TPSA) is 52.2 Å². The molecule has 1 amide bonds. The molecule has 4 rings (SSSR count). The summed E-state index contributed by atoms with van der Waals surface area (Å²) < 4.78 is 0. The summed E-state index contributed by atoms with van der Waals surface area (Å²) in [6, 6.07) is 0.428. The van der Waals surface area contributed by atoms with E-state index in [-0.39, 0.29) is 0 Å². The molecule has 1 atom stereocenters. The first kappa shape index (κ1) is 19.0. The molecule has 27 heavy (non-hydrogen) atoms. The van der Waals surface area contributed by atoms with Crippen molar-refractivity contribution in [1.29, 1.82) is 0 Å². The molecular weight excluding hydrogens is 336 g/mol. The minimum atomic E-state index is 0.349. The lowest BCUT2D eigenvalue weighted by atomic mass is 9.94. The van der Waals surface area contributed by atoms with Gasteiger partial charge in [0.15, 0.2) is 0 Å². The Bertz CT molecular complexity index is 618. The first-order valence-electron chi connectivity index (χ1n) is 11.4. The number of fused-ring (bicyclic) bond motifs is 1. The fraction of sp³-hybridized carbons (Fsp3) is 0.818. The maximum absolute atomic E-state index is 13.1. The molecule has 0 unspecified atom stereocenters. The molecule has 1 aliphatic carbocycles. The number of H-pyrrole nitrogens is 1. The fourth-order valence-electron chi connectivity index (χ4n) is 5.26. The smallest absolute Gasteiger partial charge is 0.223 e. The number of aryl methyl sites for hydroxylation is 2. The summed E-state index contributed by atoms with van der Waals surface area (Å²) in [5, 5.41) is 7.75. The van der Waals surface area contributed by atoms with Crippen molar-refractivity contribution in [3.05, 3.63) is 17.0 Å². The van der Waals surface area contributed by atoms with Gasteiger partial charge < -0.3 is 9.80 Å². The highest BCUT2D eigenvalue weighted by Crippen LogP contribution is 2.24. The largest absolute Gasteiger partial charge is 0.338 e. The van der Waals surface area contributed by atoms with E-state index in [1.165, 1.54) is 82.1 Å². The molecule has 3 aliphatic rings. The van der Waals surface area contributed by atoms with Crippen LogP contribution < -0.4 is 0 Å².